The number of nitrogens with one attached hydrogen (secondary N) is 1. The summed E-state index contributed by atoms with van der Waals surface area (Å²) < 4.78 is 36.8. The van der Waals surface area contributed by atoms with Gasteiger partial charge >= 0.3 is 11.9 Å². The monoisotopic (exact) mass is 397 g/mol. The molecule has 9 heteroatoms. The molecule has 0 atom stereocenters. The summed E-state index contributed by atoms with van der Waals surface area (Å²) in [4.78, 5) is 23.1. The van der Waals surface area contributed by atoms with Crippen molar-refractivity contribution in [3.05, 3.63) is 58.6 Å². The zero-order chi connectivity index (χ0) is 19.3. The van der Waals surface area contributed by atoms with E-state index in [9.17, 15) is 18.0 Å². The molecule has 0 aliphatic carbocycles. The highest BCUT2D eigenvalue weighted by molar-refractivity contribution is 7.92. The highest BCUT2D eigenvalue weighted by atomic mass is 35.5. The molecule has 0 bridgehead atoms. The SMILES string of the molecule is CCOC(=O)c1ccc(S(=O)(=O)Nc2cc(C(=O)OC)ccc2Cl)cc1. The van der Waals surface area contributed by atoms with Crippen LogP contribution >= 0.6 is 11.6 Å². The third-order valence-electron chi connectivity index (χ3n) is 3.31. The molecule has 0 heterocycles. The molecule has 2 aromatic carbocycles. The van der Waals surface area contributed by atoms with E-state index in [1.165, 1.54) is 49.6 Å². The summed E-state index contributed by atoms with van der Waals surface area (Å²) in [7, 11) is -2.76. The minimum Gasteiger partial charge on any atom is -0.465 e. The van der Waals surface area contributed by atoms with E-state index in [2.05, 4.69) is 9.46 Å². The Morgan fingerprint density at radius 3 is 2.23 bits per heavy atom. The van der Waals surface area contributed by atoms with Crippen molar-refractivity contribution in [1.82, 2.24) is 0 Å². The molecular formula is C17H16ClNO6S. The van der Waals surface area contributed by atoms with Crippen LogP contribution in [0.3, 0.4) is 0 Å². The largest absolute Gasteiger partial charge is 0.465 e. The lowest BCUT2D eigenvalue weighted by Crippen LogP contribution is -2.14. The Balaban J connectivity index is 2.29. The van der Waals surface area contributed by atoms with Crippen molar-refractivity contribution < 1.29 is 27.5 Å². The second-order valence-corrected chi connectivity index (χ2v) is 7.13. The van der Waals surface area contributed by atoms with Gasteiger partial charge in [0.2, 0.25) is 0 Å². The molecule has 0 radical (unpaired) electrons. The van der Waals surface area contributed by atoms with Crippen LogP contribution in [0, 0.1) is 0 Å². The van der Waals surface area contributed by atoms with Gasteiger partial charge in [-0.1, -0.05) is 11.6 Å². The molecule has 0 fully saturated rings. The molecule has 0 aromatic heterocycles. The van der Waals surface area contributed by atoms with Gasteiger partial charge in [-0.3, -0.25) is 4.72 Å². The quantitative estimate of drug-likeness (QED) is 0.752. The highest BCUT2D eigenvalue weighted by Gasteiger charge is 2.18. The molecule has 0 saturated heterocycles. The van der Waals surface area contributed by atoms with Crippen molar-refractivity contribution in [2.45, 2.75) is 11.8 Å². The number of carbonyl (C=O) groups is 2. The number of ether oxygens (including phenoxy) is 2. The first-order chi connectivity index (χ1) is 12.3. The molecule has 26 heavy (non-hydrogen) atoms. The van der Waals surface area contributed by atoms with Crippen LogP contribution in [-0.2, 0) is 19.5 Å². The lowest BCUT2D eigenvalue weighted by atomic mass is 10.2. The zero-order valence-corrected chi connectivity index (χ0v) is 15.6. The van der Waals surface area contributed by atoms with E-state index in [1.54, 1.807) is 6.92 Å². The Morgan fingerprint density at radius 2 is 1.65 bits per heavy atom. The predicted octanol–water partition coefficient (Wildman–Crippen LogP) is 3.10. The fourth-order valence-corrected chi connectivity index (χ4v) is 3.33. The summed E-state index contributed by atoms with van der Waals surface area (Å²) in [6, 6.07) is 9.31. The third-order valence-corrected chi connectivity index (χ3v) is 5.02. The lowest BCUT2D eigenvalue weighted by molar-refractivity contribution is 0.0525. The molecule has 138 valence electrons. The van der Waals surface area contributed by atoms with Crippen LogP contribution in [-0.4, -0.2) is 34.1 Å². The molecule has 7 nitrogen and oxygen atoms in total. The van der Waals surface area contributed by atoms with Gasteiger partial charge in [-0.05, 0) is 49.4 Å². The number of rotatable bonds is 6. The molecular weight excluding hydrogens is 382 g/mol. The second kappa shape index (κ2) is 8.20. The third kappa shape index (κ3) is 4.53. The van der Waals surface area contributed by atoms with E-state index in [-0.39, 0.29) is 33.3 Å². The maximum Gasteiger partial charge on any atom is 0.338 e. The average molecular weight is 398 g/mol. The van der Waals surface area contributed by atoms with Crippen molar-refractivity contribution in [3.63, 3.8) is 0 Å². The molecule has 0 amide bonds. The molecule has 0 aliphatic heterocycles. The average Bonchev–Trinajstić information content (AvgIpc) is 2.63. The van der Waals surface area contributed by atoms with Gasteiger partial charge in [0, 0.05) is 0 Å². The zero-order valence-electron chi connectivity index (χ0n) is 14.0. The number of esters is 2. The highest BCUT2D eigenvalue weighted by Crippen LogP contribution is 2.26. The number of benzene rings is 2. The van der Waals surface area contributed by atoms with E-state index < -0.39 is 22.0 Å². The number of sulfonamides is 1. The fraction of sp³-hybridized carbons (Fsp3) is 0.176. The summed E-state index contributed by atoms with van der Waals surface area (Å²) in [5.74, 6) is -1.17. The van der Waals surface area contributed by atoms with Crippen LogP contribution in [0.1, 0.15) is 27.6 Å². The van der Waals surface area contributed by atoms with E-state index >= 15 is 0 Å². The van der Waals surface area contributed by atoms with Crippen molar-refractivity contribution >= 4 is 39.3 Å². The summed E-state index contributed by atoms with van der Waals surface area (Å²) in [5.41, 5.74) is 0.410. The predicted molar refractivity (Wildman–Crippen MR) is 96.0 cm³/mol. The molecule has 0 aliphatic rings. The van der Waals surface area contributed by atoms with E-state index in [0.717, 1.165) is 0 Å². The van der Waals surface area contributed by atoms with Crippen molar-refractivity contribution in [2.75, 3.05) is 18.4 Å². The van der Waals surface area contributed by atoms with Crippen LogP contribution < -0.4 is 4.72 Å². The Morgan fingerprint density at radius 1 is 1.04 bits per heavy atom. The number of hydrogen-bond donors (Lipinski definition) is 1. The number of halogens is 1. The smallest absolute Gasteiger partial charge is 0.338 e. The molecule has 0 spiro atoms. The van der Waals surface area contributed by atoms with E-state index in [1.807, 2.05) is 0 Å². The summed E-state index contributed by atoms with van der Waals surface area (Å²) in [5, 5.41) is 0.115. The first-order valence-electron chi connectivity index (χ1n) is 7.46. The number of carbonyl (C=O) groups excluding carboxylic acids is 2. The van der Waals surface area contributed by atoms with Gasteiger partial charge in [0.25, 0.3) is 10.0 Å². The van der Waals surface area contributed by atoms with Gasteiger partial charge in [0.05, 0.1) is 40.4 Å². The Labute approximate surface area is 155 Å². The van der Waals surface area contributed by atoms with E-state index in [0.29, 0.717) is 0 Å². The molecule has 0 saturated carbocycles. The van der Waals surface area contributed by atoms with Gasteiger partial charge in [-0.2, -0.15) is 0 Å². The molecule has 1 N–H and O–H groups in total. The Bertz CT molecular complexity index is 925. The standard InChI is InChI=1S/C17H16ClNO6S/c1-3-25-17(21)11-4-7-13(8-5-11)26(22,23)19-15-10-12(16(20)24-2)6-9-14(15)18/h4-10,19H,3H2,1-2H3. The van der Waals surface area contributed by atoms with Gasteiger partial charge < -0.3 is 9.47 Å². The fourth-order valence-electron chi connectivity index (χ4n) is 2.04. The Kier molecular flexibility index (Phi) is 6.23. The van der Waals surface area contributed by atoms with Crippen molar-refractivity contribution in [2.24, 2.45) is 0 Å². The van der Waals surface area contributed by atoms with Crippen LogP contribution in [0.5, 0.6) is 0 Å². The number of hydrogen-bond acceptors (Lipinski definition) is 6. The first kappa shape index (κ1) is 19.7. The summed E-state index contributed by atoms with van der Waals surface area (Å²) >= 11 is 6.00. The van der Waals surface area contributed by atoms with Crippen LogP contribution in [0.15, 0.2) is 47.4 Å². The number of anilines is 1. The molecule has 2 aromatic rings. The maximum atomic E-state index is 12.5. The molecule has 2 rings (SSSR count). The van der Waals surface area contributed by atoms with Gasteiger partial charge in [-0.25, -0.2) is 18.0 Å². The topological polar surface area (TPSA) is 98.8 Å². The van der Waals surface area contributed by atoms with Crippen LogP contribution in [0.4, 0.5) is 5.69 Å². The maximum absolute atomic E-state index is 12.5. The van der Waals surface area contributed by atoms with Gasteiger partial charge in [0.15, 0.2) is 0 Å². The van der Waals surface area contributed by atoms with Crippen molar-refractivity contribution in [1.29, 1.82) is 0 Å². The van der Waals surface area contributed by atoms with Gasteiger partial charge in [0.1, 0.15) is 0 Å². The van der Waals surface area contributed by atoms with E-state index in [4.69, 9.17) is 16.3 Å². The second-order valence-electron chi connectivity index (χ2n) is 5.04. The normalized spacial score (nSPS) is 10.9. The minimum absolute atomic E-state index is 0.0315. The lowest BCUT2D eigenvalue weighted by Gasteiger charge is -2.11. The minimum atomic E-state index is -3.98. The van der Waals surface area contributed by atoms with Crippen LogP contribution in [0.25, 0.3) is 0 Å². The van der Waals surface area contributed by atoms with Crippen LogP contribution in [0.2, 0.25) is 5.02 Å². The molecule has 0 unspecified atom stereocenters. The summed E-state index contributed by atoms with van der Waals surface area (Å²) in [6.45, 7) is 1.89. The Hall–Kier alpha value is -2.58. The summed E-state index contributed by atoms with van der Waals surface area (Å²) in [6.07, 6.45) is 0. The van der Waals surface area contributed by atoms with Gasteiger partial charge in [-0.15, -0.1) is 0 Å². The van der Waals surface area contributed by atoms with Crippen molar-refractivity contribution in [3.8, 4) is 0 Å². The number of methoxy groups -OCH3 is 1. The first-order valence-corrected chi connectivity index (χ1v) is 9.32.